The van der Waals surface area contributed by atoms with Crippen molar-refractivity contribution in [1.29, 1.82) is 0 Å². The van der Waals surface area contributed by atoms with Crippen molar-refractivity contribution in [1.82, 2.24) is 0 Å². The van der Waals surface area contributed by atoms with E-state index in [0.29, 0.717) is 5.75 Å². The molecule has 0 aliphatic heterocycles. The average Bonchev–Trinajstić information content (AvgIpc) is 1.95. The number of aromatic hydroxyl groups is 1. The van der Waals surface area contributed by atoms with Gasteiger partial charge < -0.3 is 5.11 Å². The summed E-state index contributed by atoms with van der Waals surface area (Å²) >= 11 is 2.30. The van der Waals surface area contributed by atoms with Crippen molar-refractivity contribution in [3.05, 3.63) is 26.8 Å². The van der Waals surface area contributed by atoms with Crippen molar-refractivity contribution >= 4 is 22.6 Å². The minimum Gasteiger partial charge on any atom is -0.508 e. The minimum absolute atomic E-state index is 0.00657. The van der Waals surface area contributed by atoms with Crippen LogP contribution in [0, 0.1) is 10.5 Å². The number of phenolic OH excluding ortho intramolecular Hbond substituents is 1. The molecule has 0 saturated carbocycles. The molecule has 0 aliphatic carbocycles. The molecule has 72 valence electrons. The molecule has 0 heterocycles. The Bertz CT molecular complexity index is 324. The summed E-state index contributed by atoms with van der Waals surface area (Å²) < 4.78 is 1.17. The topological polar surface area (TPSA) is 20.2 Å². The van der Waals surface area contributed by atoms with Gasteiger partial charge >= 0.3 is 0 Å². The highest BCUT2D eigenvalue weighted by molar-refractivity contribution is 14.1. The van der Waals surface area contributed by atoms with Gasteiger partial charge in [-0.2, -0.15) is 0 Å². The molecule has 0 unspecified atom stereocenters. The first kappa shape index (κ1) is 10.8. The molecule has 0 amide bonds. The molecular weight excluding hydrogens is 275 g/mol. The Hall–Kier alpha value is -0.250. The third-order valence-corrected chi connectivity index (χ3v) is 3.45. The van der Waals surface area contributed by atoms with Gasteiger partial charge in [0.2, 0.25) is 0 Å². The average molecular weight is 290 g/mol. The zero-order chi connectivity index (χ0) is 10.2. The molecule has 0 fully saturated rings. The van der Waals surface area contributed by atoms with E-state index in [1.807, 2.05) is 6.07 Å². The summed E-state index contributed by atoms with van der Waals surface area (Å²) in [6.45, 7) is 8.41. The lowest BCUT2D eigenvalue weighted by molar-refractivity contribution is 0.445. The maximum Gasteiger partial charge on any atom is 0.120 e. The largest absolute Gasteiger partial charge is 0.508 e. The van der Waals surface area contributed by atoms with Crippen molar-refractivity contribution in [2.24, 2.45) is 0 Å². The summed E-state index contributed by atoms with van der Waals surface area (Å²) in [5, 5.41) is 9.75. The third-order valence-electron chi connectivity index (χ3n) is 2.06. The molecule has 0 bridgehead atoms. The summed E-state index contributed by atoms with van der Waals surface area (Å²) in [7, 11) is 0. The van der Waals surface area contributed by atoms with E-state index in [1.165, 1.54) is 9.13 Å². The van der Waals surface area contributed by atoms with Crippen LogP contribution < -0.4 is 0 Å². The van der Waals surface area contributed by atoms with Gasteiger partial charge in [0.25, 0.3) is 0 Å². The van der Waals surface area contributed by atoms with E-state index in [2.05, 4.69) is 50.3 Å². The van der Waals surface area contributed by atoms with Gasteiger partial charge in [0.1, 0.15) is 5.75 Å². The van der Waals surface area contributed by atoms with E-state index < -0.39 is 0 Å². The Balaban J connectivity index is 3.43. The predicted molar refractivity (Wildman–Crippen MR) is 64.3 cm³/mol. The van der Waals surface area contributed by atoms with Crippen molar-refractivity contribution in [2.75, 3.05) is 0 Å². The van der Waals surface area contributed by atoms with Crippen LogP contribution in [0.1, 0.15) is 31.9 Å². The Morgan fingerprint density at radius 3 is 2.15 bits per heavy atom. The van der Waals surface area contributed by atoms with Crippen molar-refractivity contribution in [2.45, 2.75) is 33.1 Å². The monoisotopic (exact) mass is 290 g/mol. The molecule has 0 atom stereocenters. The molecule has 0 radical (unpaired) electrons. The number of phenols is 1. The molecule has 0 spiro atoms. The molecule has 1 N–H and O–H groups in total. The summed E-state index contributed by atoms with van der Waals surface area (Å²) in [5.74, 6) is 0.405. The molecule has 0 saturated heterocycles. The maximum atomic E-state index is 9.75. The first-order valence-corrected chi connectivity index (χ1v) is 5.40. The first-order chi connectivity index (χ1) is 5.84. The van der Waals surface area contributed by atoms with Crippen LogP contribution in [-0.4, -0.2) is 5.11 Å². The third kappa shape index (κ3) is 2.16. The number of benzene rings is 1. The van der Waals surface area contributed by atoms with Crippen LogP contribution in [0.25, 0.3) is 0 Å². The Morgan fingerprint density at radius 1 is 1.23 bits per heavy atom. The zero-order valence-corrected chi connectivity index (χ0v) is 10.6. The van der Waals surface area contributed by atoms with Gasteiger partial charge in [-0.15, -0.1) is 0 Å². The van der Waals surface area contributed by atoms with Gasteiger partial charge in [-0.1, -0.05) is 26.8 Å². The highest BCUT2D eigenvalue weighted by atomic mass is 127. The van der Waals surface area contributed by atoms with Gasteiger partial charge in [-0.3, -0.25) is 0 Å². The van der Waals surface area contributed by atoms with E-state index in [9.17, 15) is 5.11 Å². The van der Waals surface area contributed by atoms with Gasteiger partial charge in [-0.25, -0.2) is 0 Å². The van der Waals surface area contributed by atoms with Gasteiger partial charge in [0, 0.05) is 9.13 Å². The molecule has 0 aromatic heterocycles. The zero-order valence-electron chi connectivity index (χ0n) is 8.48. The molecule has 1 aromatic carbocycles. The van der Waals surface area contributed by atoms with Gasteiger partial charge in [0.15, 0.2) is 0 Å². The van der Waals surface area contributed by atoms with Crippen molar-refractivity contribution in [3.8, 4) is 5.75 Å². The number of rotatable bonds is 0. The molecular formula is C11H15IO. The number of halogens is 1. The second-order valence-electron chi connectivity index (χ2n) is 4.34. The van der Waals surface area contributed by atoms with Gasteiger partial charge in [0.05, 0.1) is 0 Å². The molecule has 2 heteroatoms. The molecule has 1 nitrogen and oxygen atoms in total. The van der Waals surface area contributed by atoms with Crippen molar-refractivity contribution < 1.29 is 5.11 Å². The van der Waals surface area contributed by atoms with Crippen LogP contribution in [0.3, 0.4) is 0 Å². The normalized spacial score (nSPS) is 11.8. The fraction of sp³-hybridized carbons (Fsp3) is 0.455. The molecule has 1 rings (SSSR count). The summed E-state index contributed by atoms with van der Waals surface area (Å²) in [6, 6.07) is 3.73. The van der Waals surface area contributed by atoms with Crippen LogP contribution in [0.4, 0.5) is 0 Å². The minimum atomic E-state index is 0.00657. The van der Waals surface area contributed by atoms with Crippen LogP contribution in [0.2, 0.25) is 0 Å². The summed E-state index contributed by atoms with van der Waals surface area (Å²) in [4.78, 5) is 0. The molecule has 0 aliphatic rings. The van der Waals surface area contributed by atoms with E-state index >= 15 is 0 Å². The Kier molecular flexibility index (Phi) is 2.90. The SMILES string of the molecule is Cc1ccc(O)c(C(C)(C)C)c1I. The van der Waals surface area contributed by atoms with E-state index in [4.69, 9.17) is 0 Å². The van der Waals surface area contributed by atoms with E-state index in [-0.39, 0.29) is 5.41 Å². The fourth-order valence-corrected chi connectivity index (χ4v) is 2.65. The summed E-state index contributed by atoms with van der Waals surface area (Å²) in [5.41, 5.74) is 2.28. The first-order valence-electron chi connectivity index (χ1n) is 4.32. The summed E-state index contributed by atoms with van der Waals surface area (Å²) in [6.07, 6.45) is 0. The van der Waals surface area contributed by atoms with Crippen molar-refractivity contribution in [3.63, 3.8) is 0 Å². The lowest BCUT2D eigenvalue weighted by Gasteiger charge is -2.23. The number of aryl methyl sites for hydroxylation is 1. The van der Waals surface area contributed by atoms with Crippen LogP contribution in [0.15, 0.2) is 12.1 Å². The fourth-order valence-electron chi connectivity index (χ4n) is 1.38. The predicted octanol–water partition coefficient (Wildman–Crippen LogP) is 3.60. The second-order valence-corrected chi connectivity index (χ2v) is 5.42. The smallest absolute Gasteiger partial charge is 0.120 e. The second kappa shape index (κ2) is 3.48. The maximum absolute atomic E-state index is 9.75. The lowest BCUT2D eigenvalue weighted by Crippen LogP contribution is -2.14. The highest BCUT2D eigenvalue weighted by Gasteiger charge is 2.21. The number of hydrogen-bond donors (Lipinski definition) is 1. The Labute approximate surface area is 93.3 Å². The lowest BCUT2D eigenvalue weighted by atomic mass is 9.85. The van der Waals surface area contributed by atoms with Gasteiger partial charge in [-0.05, 0) is 46.6 Å². The standard InChI is InChI=1S/C11H15IO/c1-7-5-6-8(13)9(10(7)12)11(2,3)4/h5-6,13H,1-4H3. The van der Waals surface area contributed by atoms with Crippen LogP contribution in [-0.2, 0) is 5.41 Å². The van der Waals surface area contributed by atoms with E-state index in [0.717, 1.165) is 5.56 Å². The van der Waals surface area contributed by atoms with E-state index in [1.54, 1.807) is 6.07 Å². The number of hydrogen-bond acceptors (Lipinski definition) is 1. The quantitative estimate of drug-likeness (QED) is 0.724. The Morgan fingerprint density at radius 2 is 1.77 bits per heavy atom. The molecule has 1 aromatic rings. The van der Waals surface area contributed by atoms with Crippen LogP contribution >= 0.6 is 22.6 Å². The molecule has 13 heavy (non-hydrogen) atoms. The highest BCUT2D eigenvalue weighted by Crippen LogP contribution is 2.35. The van der Waals surface area contributed by atoms with Crippen LogP contribution in [0.5, 0.6) is 5.75 Å².